The van der Waals surface area contributed by atoms with Crippen LogP contribution in [0.4, 0.5) is 0 Å². The van der Waals surface area contributed by atoms with Crippen LogP contribution >= 0.6 is 0 Å². The highest BCUT2D eigenvalue weighted by Gasteiger charge is 2.63. The predicted octanol–water partition coefficient (Wildman–Crippen LogP) is -2.16. The molecular formula is C13H19NO8. The zero-order chi connectivity index (χ0) is 16.5. The van der Waals surface area contributed by atoms with Gasteiger partial charge >= 0.3 is 5.97 Å². The summed E-state index contributed by atoms with van der Waals surface area (Å²) in [5.74, 6) is -2.62. The third kappa shape index (κ3) is 2.61. The minimum absolute atomic E-state index is 0.00735. The normalized spacial score (nSPS) is 40.4. The Kier molecular flexibility index (Phi) is 4.83. The van der Waals surface area contributed by atoms with Gasteiger partial charge in [0.2, 0.25) is 6.29 Å². The summed E-state index contributed by atoms with van der Waals surface area (Å²) in [7, 11) is 1.17. The van der Waals surface area contributed by atoms with Crippen molar-refractivity contribution < 1.29 is 39.2 Å². The first-order valence-electron chi connectivity index (χ1n) is 6.70. The number of carbonyl (C=O) groups excluding carboxylic acids is 2. The minimum Gasteiger partial charge on any atom is -0.470 e. The van der Waals surface area contributed by atoms with E-state index in [1.165, 1.54) is 14.0 Å². The maximum atomic E-state index is 11.8. The van der Waals surface area contributed by atoms with Crippen LogP contribution in [0.25, 0.3) is 0 Å². The number of aliphatic hydroxyl groups is 3. The van der Waals surface area contributed by atoms with Crippen molar-refractivity contribution in [2.45, 2.75) is 31.0 Å². The molecule has 9 nitrogen and oxygen atoms in total. The molecular weight excluding hydrogens is 298 g/mol. The lowest BCUT2D eigenvalue weighted by Crippen LogP contribution is -2.50. The lowest BCUT2D eigenvalue weighted by molar-refractivity contribution is -0.227. The van der Waals surface area contributed by atoms with Crippen LogP contribution in [0.5, 0.6) is 0 Å². The number of aldehydes is 1. The number of aliphatic hydroxyl groups excluding tert-OH is 2. The van der Waals surface area contributed by atoms with Crippen LogP contribution in [-0.4, -0.2) is 65.3 Å². The summed E-state index contributed by atoms with van der Waals surface area (Å²) >= 11 is 0. The van der Waals surface area contributed by atoms with Gasteiger partial charge in [0.25, 0.3) is 0 Å². The second-order valence-corrected chi connectivity index (χ2v) is 5.42. The SMILES string of the molecule is COC(=O)C1=COC(ONCC=O)[C@H]2[C@@H]1[C@H](O)[C@H](O)[C@]2(C)O. The molecule has 1 heterocycles. The zero-order valence-corrected chi connectivity index (χ0v) is 12.1. The number of hydrogen-bond acceptors (Lipinski definition) is 9. The van der Waals surface area contributed by atoms with E-state index >= 15 is 0 Å². The van der Waals surface area contributed by atoms with Crippen molar-refractivity contribution in [2.24, 2.45) is 11.8 Å². The second-order valence-electron chi connectivity index (χ2n) is 5.42. The number of nitrogens with one attached hydrogen (secondary N) is 1. The number of carbonyl (C=O) groups is 2. The molecule has 2 aliphatic rings. The van der Waals surface area contributed by atoms with E-state index in [2.05, 4.69) is 10.2 Å². The molecule has 2 rings (SSSR count). The first kappa shape index (κ1) is 16.8. The van der Waals surface area contributed by atoms with E-state index in [0.29, 0.717) is 6.29 Å². The van der Waals surface area contributed by atoms with Crippen molar-refractivity contribution in [2.75, 3.05) is 13.7 Å². The molecule has 0 spiro atoms. The molecule has 124 valence electrons. The smallest absolute Gasteiger partial charge is 0.337 e. The first-order valence-corrected chi connectivity index (χ1v) is 6.70. The molecule has 1 saturated carbocycles. The molecule has 0 aromatic carbocycles. The molecule has 0 radical (unpaired) electrons. The van der Waals surface area contributed by atoms with Gasteiger partial charge in [-0.15, -0.1) is 0 Å². The number of ether oxygens (including phenoxy) is 2. The Hall–Kier alpha value is -1.52. The molecule has 0 bridgehead atoms. The number of fused-ring (bicyclic) bond motifs is 1. The van der Waals surface area contributed by atoms with Crippen molar-refractivity contribution in [1.29, 1.82) is 0 Å². The van der Waals surface area contributed by atoms with Crippen molar-refractivity contribution in [3.05, 3.63) is 11.8 Å². The van der Waals surface area contributed by atoms with Gasteiger partial charge in [0.15, 0.2) is 0 Å². The monoisotopic (exact) mass is 317 g/mol. The quantitative estimate of drug-likeness (QED) is 0.193. The van der Waals surface area contributed by atoms with Crippen LogP contribution in [0.15, 0.2) is 11.8 Å². The van der Waals surface area contributed by atoms with Crippen molar-refractivity contribution in [3.8, 4) is 0 Å². The van der Waals surface area contributed by atoms with Gasteiger partial charge in [-0.2, -0.15) is 5.48 Å². The van der Waals surface area contributed by atoms with Crippen molar-refractivity contribution >= 4 is 12.3 Å². The molecule has 0 aromatic rings. The fourth-order valence-electron chi connectivity index (χ4n) is 3.01. The molecule has 22 heavy (non-hydrogen) atoms. The number of rotatable bonds is 5. The van der Waals surface area contributed by atoms with Crippen molar-refractivity contribution in [3.63, 3.8) is 0 Å². The Bertz CT molecular complexity index is 477. The molecule has 0 amide bonds. The van der Waals surface area contributed by atoms with Gasteiger partial charge in [0, 0.05) is 5.92 Å². The van der Waals surface area contributed by atoms with Gasteiger partial charge in [0.05, 0.1) is 43.1 Å². The third-order valence-corrected chi connectivity index (χ3v) is 4.12. The maximum absolute atomic E-state index is 11.8. The Morgan fingerprint density at radius 2 is 2.23 bits per heavy atom. The summed E-state index contributed by atoms with van der Waals surface area (Å²) in [6, 6.07) is 0. The first-order chi connectivity index (χ1) is 10.4. The zero-order valence-electron chi connectivity index (χ0n) is 12.1. The van der Waals surface area contributed by atoms with E-state index < -0.39 is 41.9 Å². The Balaban J connectivity index is 2.33. The predicted molar refractivity (Wildman–Crippen MR) is 69.7 cm³/mol. The number of hydroxylamine groups is 1. The van der Waals surface area contributed by atoms with Crippen LogP contribution in [-0.2, 0) is 23.9 Å². The summed E-state index contributed by atoms with van der Waals surface area (Å²) in [4.78, 5) is 27.2. The molecule has 4 N–H and O–H groups in total. The molecule has 1 unspecified atom stereocenters. The number of methoxy groups -OCH3 is 1. The lowest BCUT2D eigenvalue weighted by atomic mass is 9.81. The van der Waals surface area contributed by atoms with E-state index in [9.17, 15) is 24.9 Å². The Morgan fingerprint density at radius 3 is 2.82 bits per heavy atom. The summed E-state index contributed by atoms with van der Waals surface area (Å²) in [6.07, 6.45) is -2.38. The van der Waals surface area contributed by atoms with Crippen LogP contribution in [0.1, 0.15) is 6.92 Å². The molecule has 6 atom stereocenters. The van der Waals surface area contributed by atoms with Gasteiger partial charge in [-0.1, -0.05) is 0 Å². The lowest BCUT2D eigenvalue weighted by Gasteiger charge is -2.38. The standard InChI is InChI=1S/C13H19NO8/c1-13(19)8-7(9(16)10(13)17)6(11(18)20-2)5-21-12(8)22-14-3-4-15/h4-5,7-10,12,14,16-17,19H,3H2,1-2H3/t7-,8-,9+,10+,12?,13-/m1/s1. The summed E-state index contributed by atoms with van der Waals surface area (Å²) in [6.45, 7) is 1.20. The van der Waals surface area contributed by atoms with Crippen LogP contribution < -0.4 is 5.48 Å². The van der Waals surface area contributed by atoms with E-state index in [-0.39, 0.29) is 12.1 Å². The van der Waals surface area contributed by atoms with Crippen molar-refractivity contribution in [1.82, 2.24) is 5.48 Å². The Labute approximate surface area is 126 Å². The number of hydrogen-bond donors (Lipinski definition) is 4. The highest BCUT2D eigenvalue weighted by Crippen LogP contribution is 2.49. The van der Waals surface area contributed by atoms with E-state index in [0.717, 1.165) is 6.26 Å². The molecule has 9 heteroatoms. The summed E-state index contributed by atoms with van der Waals surface area (Å²) in [5, 5.41) is 30.7. The van der Waals surface area contributed by atoms with E-state index in [1.54, 1.807) is 0 Å². The fraction of sp³-hybridized carbons (Fsp3) is 0.692. The largest absolute Gasteiger partial charge is 0.470 e. The van der Waals surface area contributed by atoms with Crippen LogP contribution in [0.2, 0.25) is 0 Å². The van der Waals surface area contributed by atoms with Crippen LogP contribution in [0, 0.1) is 11.8 Å². The average Bonchev–Trinajstić information content (AvgIpc) is 2.68. The molecule has 0 saturated heterocycles. The van der Waals surface area contributed by atoms with Gasteiger partial charge < -0.3 is 29.6 Å². The van der Waals surface area contributed by atoms with Gasteiger partial charge in [-0.05, 0) is 6.92 Å². The Morgan fingerprint density at radius 1 is 1.55 bits per heavy atom. The molecule has 1 aliphatic heterocycles. The maximum Gasteiger partial charge on any atom is 0.337 e. The van der Waals surface area contributed by atoms with E-state index in [4.69, 9.17) is 9.57 Å². The van der Waals surface area contributed by atoms with Gasteiger partial charge in [-0.3, -0.25) is 4.84 Å². The fourth-order valence-corrected chi connectivity index (χ4v) is 3.01. The molecule has 0 aromatic heterocycles. The third-order valence-electron chi connectivity index (χ3n) is 4.12. The highest BCUT2D eigenvalue weighted by molar-refractivity contribution is 5.89. The highest BCUT2D eigenvalue weighted by atomic mass is 16.8. The minimum atomic E-state index is -1.77. The summed E-state index contributed by atoms with van der Waals surface area (Å²) < 4.78 is 9.88. The van der Waals surface area contributed by atoms with Gasteiger partial charge in [-0.25, -0.2) is 4.79 Å². The van der Waals surface area contributed by atoms with Gasteiger partial charge in [0.1, 0.15) is 12.4 Å². The second kappa shape index (κ2) is 6.31. The summed E-state index contributed by atoms with van der Waals surface area (Å²) in [5.41, 5.74) is 0.550. The molecule has 1 fully saturated rings. The topological polar surface area (TPSA) is 135 Å². The molecule has 1 aliphatic carbocycles. The van der Waals surface area contributed by atoms with Crippen LogP contribution in [0.3, 0.4) is 0 Å². The number of esters is 1. The van der Waals surface area contributed by atoms with E-state index in [1.807, 2.05) is 0 Å². The average molecular weight is 317 g/mol.